The number of carbonyl (C=O) groups is 1. The molecule has 2 unspecified atom stereocenters. The molecule has 8 heteroatoms. The van der Waals surface area contributed by atoms with Gasteiger partial charge in [-0.1, -0.05) is 0 Å². The van der Waals surface area contributed by atoms with Gasteiger partial charge in [0, 0.05) is 42.8 Å². The second kappa shape index (κ2) is 9.46. The summed E-state index contributed by atoms with van der Waals surface area (Å²) in [4.78, 5) is 19.3. The second-order valence-electron chi connectivity index (χ2n) is 8.83. The number of carbonyl (C=O) groups excluding carboxylic acids is 1. The van der Waals surface area contributed by atoms with Gasteiger partial charge in [-0.2, -0.15) is 0 Å². The Bertz CT molecular complexity index is 1200. The SMILES string of the molecule is CNCCOc1ccc(-c2cc(N3CC4CCNC(=O)C4C3)c3ccc(OC)c(F)c3n2)cc1. The first-order valence-electron chi connectivity index (χ1n) is 11.7. The molecule has 2 N–H and O–H groups in total. The van der Waals surface area contributed by atoms with Crippen LogP contribution in [0.1, 0.15) is 6.42 Å². The van der Waals surface area contributed by atoms with Crippen molar-refractivity contribution in [1.29, 1.82) is 0 Å². The summed E-state index contributed by atoms with van der Waals surface area (Å²) in [5.41, 5.74) is 2.68. The zero-order valence-corrected chi connectivity index (χ0v) is 19.4. The topological polar surface area (TPSA) is 75.7 Å². The van der Waals surface area contributed by atoms with Crippen LogP contribution in [0, 0.1) is 17.7 Å². The molecule has 0 spiro atoms. The van der Waals surface area contributed by atoms with E-state index < -0.39 is 5.82 Å². The number of rotatable bonds is 7. The fourth-order valence-electron chi connectivity index (χ4n) is 4.95. The number of aromatic nitrogens is 1. The number of benzene rings is 2. The van der Waals surface area contributed by atoms with Crippen molar-refractivity contribution < 1.29 is 18.7 Å². The highest BCUT2D eigenvalue weighted by Gasteiger charge is 2.40. The molecular formula is C26H29FN4O3. The van der Waals surface area contributed by atoms with Crippen molar-refractivity contribution in [2.45, 2.75) is 6.42 Å². The summed E-state index contributed by atoms with van der Waals surface area (Å²) < 4.78 is 26.3. The molecule has 7 nitrogen and oxygen atoms in total. The van der Waals surface area contributed by atoms with Crippen LogP contribution in [0.15, 0.2) is 42.5 Å². The van der Waals surface area contributed by atoms with Crippen molar-refractivity contribution in [3.8, 4) is 22.8 Å². The Balaban J connectivity index is 1.55. The first kappa shape index (κ1) is 22.4. The molecule has 0 bridgehead atoms. The molecule has 2 atom stereocenters. The average molecular weight is 465 g/mol. The van der Waals surface area contributed by atoms with Gasteiger partial charge in [0.25, 0.3) is 0 Å². The molecule has 1 amide bonds. The van der Waals surface area contributed by atoms with E-state index in [2.05, 4.69) is 20.5 Å². The Morgan fingerprint density at radius 2 is 2.03 bits per heavy atom. The number of nitrogens with one attached hydrogen (secondary N) is 2. The Labute approximate surface area is 198 Å². The van der Waals surface area contributed by atoms with Gasteiger partial charge in [0.1, 0.15) is 17.9 Å². The lowest BCUT2D eigenvalue weighted by molar-refractivity contribution is -0.127. The largest absolute Gasteiger partial charge is 0.494 e. The molecule has 2 fully saturated rings. The van der Waals surface area contributed by atoms with Gasteiger partial charge in [-0.05, 0) is 61.9 Å². The Morgan fingerprint density at radius 3 is 2.76 bits per heavy atom. The minimum atomic E-state index is -0.482. The van der Waals surface area contributed by atoms with E-state index in [1.165, 1.54) is 7.11 Å². The number of pyridine rings is 1. The number of anilines is 1. The molecule has 178 valence electrons. The molecular weight excluding hydrogens is 435 g/mol. The number of piperidine rings is 1. The summed E-state index contributed by atoms with van der Waals surface area (Å²) in [6.45, 7) is 3.42. The Morgan fingerprint density at radius 1 is 1.21 bits per heavy atom. The van der Waals surface area contributed by atoms with E-state index in [1.54, 1.807) is 6.07 Å². The van der Waals surface area contributed by atoms with Crippen molar-refractivity contribution in [3.05, 3.63) is 48.3 Å². The van der Waals surface area contributed by atoms with Gasteiger partial charge in [0.15, 0.2) is 11.6 Å². The van der Waals surface area contributed by atoms with Crippen LogP contribution < -0.4 is 25.0 Å². The number of nitrogens with zero attached hydrogens (tertiary/aromatic N) is 2. The van der Waals surface area contributed by atoms with Gasteiger partial charge in [-0.15, -0.1) is 0 Å². The van der Waals surface area contributed by atoms with Crippen LogP contribution in [0.3, 0.4) is 0 Å². The number of halogens is 1. The maximum atomic E-state index is 15.3. The summed E-state index contributed by atoms with van der Waals surface area (Å²) in [7, 11) is 3.33. The molecule has 0 aliphatic carbocycles. The summed E-state index contributed by atoms with van der Waals surface area (Å²) >= 11 is 0. The lowest BCUT2D eigenvalue weighted by Crippen LogP contribution is -2.41. The standard InChI is InChI=1S/C26H29FN4O3/c1-28-11-12-34-18-5-3-16(4-6-18)21-13-22(19-7-8-23(33-2)24(27)25(19)30-21)31-14-17-9-10-29-26(32)20(17)15-31/h3-8,13,17,20,28H,9-12,14-15H2,1-2H3,(H,29,32). The van der Waals surface area contributed by atoms with E-state index in [1.807, 2.05) is 43.4 Å². The number of methoxy groups -OCH3 is 1. The smallest absolute Gasteiger partial charge is 0.225 e. The fourth-order valence-corrected chi connectivity index (χ4v) is 4.95. The minimum Gasteiger partial charge on any atom is -0.494 e. The molecule has 5 rings (SSSR count). The van der Waals surface area contributed by atoms with Crippen molar-refractivity contribution in [3.63, 3.8) is 0 Å². The van der Waals surface area contributed by atoms with Crippen LogP contribution in [-0.4, -0.2) is 57.8 Å². The van der Waals surface area contributed by atoms with Crippen LogP contribution in [0.2, 0.25) is 0 Å². The molecule has 2 aromatic carbocycles. The Hall–Kier alpha value is -3.39. The van der Waals surface area contributed by atoms with E-state index in [-0.39, 0.29) is 23.1 Å². The lowest BCUT2D eigenvalue weighted by Gasteiger charge is -2.23. The zero-order valence-electron chi connectivity index (χ0n) is 19.4. The minimum absolute atomic E-state index is 0.0439. The third-order valence-corrected chi connectivity index (χ3v) is 6.79. The first-order chi connectivity index (χ1) is 16.6. The molecule has 1 aromatic heterocycles. The molecule has 0 radical (unpaired) electrons. The fraction of sp³-hybridized carbons (Fsp3) is 0.385. The number of hydrogen-bond donors (Lipinski definition) is 2. The van der Waals surface area contributed by atoms with E-state index >= 15 is 4.39 Å². The first-order valence-corrected chi connectivity index (χ1v) is 11.7. The van der Waals surface area contributed by atoms with E-state index in [4.69, 9.17) is 9.47 Å². The van der Waals surface area contributed by atoms with Crippen LogP contribution in [0.4, 0.5) is 10.1 Å². The summed E-state index contributed by atoms with van der Waals surface area (Å²) in [5.74, 6) is 0.812. The summed E-state index contributed by atoms with van der Waals surface area (Å²) in [5, 5.41) is 6.74. The van der Waals surface area contributed by atoms with Gasteiger partial charge in [-0.25, -0.2) is 9.37 Å². The highest BCUT2D eigenvalue weighted by atomic mass is 19.1. The highest BCUT2D eigenvalue weighted by Crippen LogP contribution is 2.39. The molecule has 2 aliphatic heterocycles. The predicted octanol–water partition coefficient (Wildman–Crippen LogP) is 3.22. The molecule has 0 saturated carbocycles. The van der Waals surface area contributed by atoms with Crippen LogP contribution in [-0.2, 0) is 4.79 Å². The number of likely N-dealkylation sites (N-methyl/N-ethyl adjacent to an activating group) is 1. The number of fused-ring (bicyclic) bond motifs is 2. The number of amides is 1. The Kier molecular flexibility index (Phi) is 6.24. The van der Waals surface area contributed by atoms with Gasteiger partial charge in [-0.3, -0.25) is 4.79 Å². The normalized spacial score (nSPS) is 19.7. The molecule has 3 heterocycles. The van der Waals surface area contributed by atoms with Crippen molar-refractivity contribution in [2.75, 3.05) is 51.8 Å². The van der Waals surface area contributed by atoms with Crippen LogP contribution >= 0.6 is 0 Å². The van der Waals surface area contributed by atoms with Crippen molar-refractivity contribution >= 4 is 22.5 Å². The summed E-state index contributed by atoms with van der Waals surface area (Å²) in [6, 6.07) is 13.1. The van der Waals surface area contributed by atoms with Gasteiger partial charge in [0.05, 0.1) is 18.7 Å². The average Bonchev–Trinajstić information content (AvgIpc) is 3.30. The number of ether oxygens (including phenoxy) is 2. The molecule has 2 aliphatic rings. The number of hydrogen-bond acceptors (Lipinski definition) is 6. The van der Waals surface area contributed by atoms with E-state index in [0.717, 1.165) is 36.5 Å². The monoisotopic (exact) mass is 464 g/mol. The van der Waals surface area contributed by atoms with Crippen molar-refractivity contribution in [1.82, 2.24) is 15.6 Å². The predicted molar refractivity (Wildman–Crippen MR) is 130 cm³/mol. The zero-order chi connectivity index (χ0) is 23.7. The molecule has 2 saturated heterocycles. The molecule has 34 heavy (non-hydrogen) atoms. The summed E-state index contributed by atoms with van der Waals surface area (Å²) in [6.07, 6.45) is 0.958. The van der Waals surface area contributed by atoms with Crippen LogP contribution in [0.25, 0.3) is 22.2 Å². The molecule has 3 aromatic rings. The quantitative estimate of drug-likeness (QED) is 0.523. The second-order valence-corrected chi connectivity index (χ2v) is 8.83. The van der Waals surface area contributed by atoms with Gasteiger partial charge in [0.2, 0.25) is 5.91 Å². The van der Waals surface area contributed by atoms with Gasteiger partial charge >= 0.3 is 0 Å². The maximum Gasteiger partial charge on any atom is 0.225 e. The van der Waals surface area contributed by atoms with Gasteiger partial charge < -0.3 is 25.0 Å². The van der Waals surface area contributed by atoms with E-state index in [9.17, 15) is 4.79 Å². The lowest BCUT2D eigenvalue weighted by atomic mass is 9.89. The van der Waals surface area contributed by atoms with E-state index in [0.29, 0.717) is 36.7 Å². The third kappa shape index (κ3) is 4.14. The third-order valence-electron chi connectivity index (χ3n) is 6.79. The van der Waals surface area contributed by atoms with Crippen LogP contribution in [0.5, 0.6) is 11.5 Å². The maximum absolute atomic E-state index is 15.3. The van der Waals surface area contributed by atoms with Crippen molar-refractivity contribution in [2.24, 2.45) is 11.8 Å². The highest BCUT2D eigenvalue weighted by molar-refractivity contribution is 5.96.